The van der Waals surface area contributed by atoms with E-state index in [0.29, 0.717) is 23.5 Å². The summed E-state index contributed by atoms with van der Waals surface area (Å²) in [4.78, 5) is 24.6. The van der Waals surface area contributed by atoms with Gasteiger partial charge in [0, 0.05) is 28.9 Å². The van der Waals surface area contributed by atoms with Crippen LogP contribution in [-0.4, -0.2) is 11.8 Å². The summed E-state index contributed by atoms with van der Waals surface area (Å²) < 4.78 is 0. The van der Waals surface area contributed by atoms with E-state index in [1.54, 1.807) is 18.2 Å². The van der Waals surface area contributed by atoms with Crippen molar-refractivity contribution in [3.63, 3.8) is 0 Å². The Morgan fingerprint density at radius 2 is 1.64 bits per heavy atom. The van der Waals surface area contributed by atoms with Crippen LogP contribution in [0.25, 0.3) is 0 Å². The van der Waals surface area contributed by atoms with E-state index >= 15 is 0 Å². The second kappa shape index (κ2) is 7.49. The van der Waals surface area contributed by atoms with Gasteiger partial charge in [-0.25, -0.2) is 0 Å². The highest BCUT2D eigenvalue weighted by atomic mass is 16.2. The number of hydrogen-bond donors (Lipinski definition) is 3. The number of carbonyl (C=O) groups excluding carboxylic acids is 2. The van der Waals surface area contributed by atoms with Gasteiger partial charge in [-0.2, -0.15) is 0 Å². The molecule has 0 aliphatic heterocycles. The lowest BCUT2D eigenvalue weighted by Crippen LogP contribution is -2.27. The third-order valence-corrected chi connectivity index (χ3v) is 3.88. The molecule has 0 aliphatic carbocycles. The summed E-state index contributed by atoms with van der Waals surface area (Å²) in [6.07, 6.45) is 0. The molecule has 0 bridgehead atoms. The summed E-state index contributed by atoms with van der Waals surface area (Å²) in [7, 11) is 0. The number of aryl methyl sites for hydroxylation is 1. The lowest BCUT2D eigenvalue weighted by atomic mass is 9.95. The highest BCUT2D eigenvalue weighted by Crippen LogP contribution is 2.23. The molecule has 0 aliphatic rings. The van der Waals surface area contributed by atoms with Gasteiger partial charge in [0.15, 0.2) is 0 Å². The molecule has 4 N–H and O–H groups in total. The molecular weight excluding hydrogens is 314 g/mol. The van der Waals surface area contributed by atoms with Crippen molar-refractivity contribution in [1.82, 2.24) is 0 Å². The second-order valence-corrected chi connectivity index (χ2v) is 7.09. The molecule has 2 aromatic rings. The summed E-state index contributed by atoms with van der Waals surface area (Å²) in [5.41, 5.74) is 8.85. The molecule has 5 nitrogen and oxygen atoms in total. The van der Waals surface area contributed by atoms with Crippen LogP contribution in [0.15, 0.2) is 42.5 Å². The van der Waals surface area contributed by atoms with Crippen molar-refractivity contribution >= 4 is 23.2 Å². The first kappa shape index (κ1) is 18.7. The van der Waals surface area contributed by atoms with Crippen LogP contribution in [-0.2, 0) is 11.3 Å². The van der Waals surface area contributed by atoms with Crippen molar-refractivity contribution < 1.29 is 9.59 Å². The summed E-state index contributed by atoms with van der Waals surface area (Å²) in [6, 6.07) is 12.6. The van der Waals surface area contributed by atoms with E-state index in [0.717, 1.165) is 11.1 Å². The Hall–Kier alpha value is -2.66. The van der Waals surface area contributed by atoms with E-state index in [-0.39, 0.29) is 11.8 Å². The van der Waals surface area contributed by atoms with E-state index in [9.17, 15) is 9.59 Å². The molecule has 0 unspecified atom stereocenters. The molecule has 2 aromatic carbocycles. The van der Waals surface area contributed by atoms with Gasteiger partial charge in [-0.1, -0.05) is 39.0 Å². The van der Waals surface area contributed by atoms with Crippen LogP contribution in [0.1, 0.15) is 42.3 Å². The molecule has 0 radical (unpaired) electrons. The van der Waals surface area contributed by atoms with E-state index < -0.39 is 5.41 Å². The molecule has 0 spiro atoms. The largest absolute Gasteiger partial charge is 0.326 e. The normalized spacial score (nSPS) is 11.1. The Kier molecular flexibility index (Phi) is 5.59. The minimum atomic E-state index is -0.487. The topological polar surface area (TPSA) is 84.2 Å². The monoisotopic (exact) mass is 339 g/mol. The molecular formula is C20H25N3O2. The van der Waals surface area contributed by atoms with Gasteiger partial charge in [0.2, 0.25) is 5.91 Å². The Morgan fingerprint density at radius 3 is 2.20 bits per heavy atom. The van der Waals surface area contributed by atoms with Crippen LogP contribution in [0.5, 0.6) is 0 Å². The van der Waals surface area contributed by atoms with E-state index in [4.69, 9.17) is 5.73 Å². The zero-order valence-corrected chi connectivity index (χ0v) is 15.1. The van der Waals surface area contributed by atoms with Crippen LogP contribution in [0.4, 0.5) is 11.4 Å². The number of amides is 2. The molecule has 25 heavy (non-hydrogen) atoms. The van der Waals surface area contributed by atoms with Gasteiger partial charge in [0.1, 0.15) is 0 Å². The molecule has 0 heterocycles. The zero-order chi connectivity index (χ0) is 18.6. The maximum atomic E-state index is 12.4. The molecule has 0 saturated heterocycles. The fourth-order valence-corrected chi connectivity index (χ4v) is 2.14. The van der Waals surface area contributed by atoms with Crippen molar-refractivity contribution in [2.75, 3.05) is 10.6 Å². The Bertz CT molecular complexity index is 775. The smallest absolute Gasteiger partial charge is 0.255 e. The SMILES string of the molecule is Cc1ccc(NC(=O)C(C)(C)C)cc1NC(=O)c1ccc(CN)cc1. The first-order valence-electron chi connectivity index (χ1n) is 8.23. The number of rotatable bonds is 4. The van der Waals surface area contributed by atoms with Crippen LogP contribution >= 0.6 is 0 Å². The summed E-state index contributed by atoms with van der Waals surface area (Å²) >= 11 is 0. The van der Waals surface area contributed by atoms with Crippen LogP contribution in [0.3, 0.4) is 0 Å². The predicted molar refractivity (Wildman–Crippen MR) is 102 cm³/mol. The van der Waals surface area contributed by atoms with Crippen molar-refractivity contribution in [3.05, 3.63) is 59.2 Å². The summed E-state index contributed by atoms with van der Waals surface area (Å²) in [5, 5.41) is 5.77. The number of benzene rings is 2. The molecule has 2 rings (SSSR count). The van der Waals surface area contributed by atoms with E-state index in [1.807, 2.05) is 52.0 Å². The lowest BCUT2D eigenvalue weighted by Gasteiger charge is -2.18. The molecule has 0 saturated carbocycles. The average molecular weight is 339 g/mol. The van der Waals surface area contributed by atoms with Crippen LogP contribution in [0, 0.1) is 12.3 Å². The maximum absolute atomic E-state index is 12.4. The number of nitrogens with one attached hydrogen (secondary N) is 2. The Labute approximate surface area is 148 Å². The standard InChI is InChI=1S/C20H25N3O2/c1-13-5-10-16(22-19(25)20(2,3)4)11-17(13)23-18(24)15-8-6-14(12-21)7-9-15/h5-11H,12,21H2,1-4H3,(H,22,25)(H,23,24). The maximum Gasteiger partial charge on any atom is 0.255 e. The van der Waals surface area contributed by atoms with Gasteiger partial charge in [0.05, 0.1) is 0 Å². The third kappa shape index (κ3) is 4.90. The predicted octanol–water partition coefficient (Wildman–Crippen LogP) is 3.69. The van der Waals surface area contributed by atoms with Gasteiger partial charge in [0.25, 0.3) is 5.91 Å². The number of nitrogens with two attached hydrogens (primary N) is 1. The Balaban J connectivity index is 2.16. The van der Waals surface area contributed by atoms with Crippen LogP contribution in [0.2, 0.25) is 0 Å². The fraction of sp³-hybridized carbons (Fsp3) is 0.300. The Morgan fingerprint density at radius 1 is 1.00 bits per heavy atom. The fourth-order valence-electron chi connectivity index (χ4n) is 2.14. The third-order valence-electron chi connectivity index (χ3n) is 3.88. The van der Waals surface area contributed by atoms with Crippen molar-refractivity contribution in [2.45, 2.75) is 34.2 Å². The molecule has 0 aromatic heterocycles. The number of hydrogen-bond acceptors (Lipinski definition) is 3. The first-order chi connectivity index (χ1) is 11.7. The quantitative estimate of drug-likeness (QED) is 0.794. The molecule has 2 amide bonds. The summed E-state index contributed by atoms with van der Waals surface area (Å²) in [5.74, 6) is -0.281. The molecule has 5 heteroatoms. The lowest BCUT2D eigenvalue weighted by molar-refractivity contribution is -0.123. The number of carbonyl (C=O) groups is 2. The zero-order valence-electron chi connectivity index (χ0n) is 15.1. The van der Waals surface area contributed by atoms with Gasteiger partial charge < -0.3 is 16.4 Å². The van der Waals surface area contributed by atoms with Gasteiger partial charge in [-0.05, 0) is 42.3 Å². The second-order valence-electron chi connectivity index (χ2n) is 7.09. The minimum Gasteiger partial charge on any atom is -0.326 e. The highest BCUT2D eigenvalue weighted by Gasteiger charge is 2.21. The molecule has 0 atom stereocenters. The van der Waals surface area contributed by atoms with Gasteiger partial charge in [-0.15, -0.1) is 0 Å². The van der Waals surface area contributed by atoms with Crippen molar-refractivity contribution in [2.24, 2.45) is 11.1 Å². The highest BCUT2D eigenvalue weighted by molar-refractivity contribution is 6.05. The van der Waals surface area contributed by atoms with E-state index in [2.05, 4.69) is 10.6 Å². The average Bonchev–Trinajstić information content (AvgIpc) is 2.57. The van der Waals surface area contributed by atoms with Crippen molar-refractivity contribution in [1.29, 1.82) is 0 Å². The molecule has 132 valence electrons. The number of anilines is 2. The van der Waals surface area contributed by atoms with Gasteiger partial charge in [-0.3, -0.25) is 9.59 Å². The van der Waals surface area contributed by atoms with Gasteiger partial charge >= 0.3 is 0 Å². The molecule has 0 fully saturated rings. The first-order valence-corrected chi connectivity index (χ1v) is 8.23. The minimum absolute atomic E-state index is 0.0778. The van der Waals surface area contributed by atoms with Crippen LogP contribution < -0.4 is 16.4 Å². The van der Waals surface area contributed by atoms with Crippen molar-refractivity contribution in [3.8, 4) is 0 Å². The van der Waals surface area contributed by atoms with E-state index in [1.165, 1.54) is 0 Å². The summed E-state index contributed by atoms with van der Waals surface area (Å²) in [6.45, 7) is 7.90.